The van der Waals surface area contributed by atoms with Crippen molar-refractivity contribution >= 4 is 54.3 Å². The lowest BCUT2D eigenvalue weighted by Gasteiger charge is -2.07. The molecule has 6 heteroatoms. The number of hydrogen-bond donors (Lipinski definition) is 0. The second-order valence-corrected chi connectivity index (χ2v) is 9.02. The van der Waals surface area contributed by atoms with E-state index < -0.39 is 0 Å². The molecule has 4 nitrogen and oxygen atoms in total. The van der Waals surface area contributed by atoms with Gasteiger partial charge in [0.25, 0.3) is 5.91 Å². The van der Waals surface area contributed by atoms with Crippen molar-refractivity contribution in [3.8, 4) is 11.3 Å². The standard InChI is InChI=1S/C25H18BrN3OS/c1-2-29-22-13-12-17(26)14-23(22)31-25(29)28-24(30)19-15-21(16-8-4-3-5-9-16)27-20-11-7-6-10-18(19)20/h3-15H,2H2,1H3. The highest BCUT2D eigenvalue weighted by Crippen LogP contribution is 2.26. The number of benzene rings is 3. The molecule has 0 N–H and O–H groups in total. The third-order valence-electron chi connectivity index (χ3n) is 5.17. The predicted molar refractivity (Wildman–Crippen MR) is 130 cm³/mol. The minimum Gasteiger partial charge on any atom is -0.317 e. The van der Waals surface area contributed by atoms with Gasteiger partial charge in [0.05, 0.1) is 27.0 Å². The van der Waals surface area contributed by atoms with Crippen LogP contribution in [0.1, 0.15) is 17.3 Å². The molecule has 0 atom stereocenters. The van der Waals surface area contributed by atoms with Crippen molar-refractivity contribution in [1.82, 2.24) is 9.55 Å². The van der Waals surface area contributed by atoms with E-state index in [-0.39, 0.29) is 5.91 Å². The lowest BCUT2D eigenvalue weighted by molar-refractivity contribution is 0.0999. The average Bonchev–Trinajstić information content (AvgIpc) is 3.14. The number of para-hydroxylation sites is 1. The van der Waals surface area contributed by atoms with Crippen molar-refractivity contribution in [2.45, 2.75) is 13.5 Å². The average molecular weight is 488 g/mol. The van der Waals surface area contributed by atoms with Gasteiger partial charge in [-0.1, -0.05) is 75.8 Å². The number of aromatic nitrogens is 2. The third-order valence-corrected chi connectivity index (χ3v) is 6.71. The first-order chi connectivity index (χ1) is 15.1. The molecular formula is C25H18BrN3OS. The molecule has 1 amide bonds. The Morgan fingerprint density at radius 1 is 1.03 bits per heavy atom. The molecule has 0 radical (unpaired) electrons. The van der Waals surface area contributed by atoms with Gasteiger partial charge in [-0.05, 0) is 37.3 Å². The number of carbonyl (C=O) groups is 1. The van der Waals surface area contributed by atoms with E-state index >= 15 is 0 Å². The lowest BCUT2D eigenvalue weighted by atomic mass is 10.0. The molecule has 0 aliphatic rings. The SMILES string of the molecule is CCn1c(=NC(=O)c2cc(-c3ccccc3)nc3ccccc23)sc2cc(Br)ccc21. The summed E-state index contributed by atoms with van der Waals surface area (Å²) < 4.78 is 4.17. The zero-order valence-electron chi connectivity index (χ0n) is 16.7. The molecule has 152 valence electrons. The Balaban J connectivity index is 1.71. The maximum absolute atomic E-state index is 13.4. The molecule has 0 saturated carbocycles. The highest BCUT2D eigenvalue weighted by Gasteiger charge is 2.14. The van der Waals surface area contributed by atoms with Gasteiger partial charge in [0.1, 0.15) is 0 Å². The number of aryl methyl sites for hydroxylation is 1. The topological polar surface area (TPSA) is 47.2 Å². The first-order valence-electron chi connectivity index (χ1n) is 9.97. The highest BCUT2D eigenvalue weighted by atomic mass is 79.9. The summed E-state index contributed by atoms with van der Waals surface area (Å²) in [5, 5.41) is 0.808. The normalized spacial score (nSPS) is 12.0. The quantitative estimate of drug-likeness (QED) is 0.293. The Kier molecular flexibility index (Phi) is 5.26. The first kappa shape index (κ1) is 19.8. The molecule has 2 aromatic heterocycles. The largest absolute Gasteiger partial charge is 0.317 e. The van der Waals surface area contributed by atoms with Gasteiger partial charge < -0.3 is 4.57 Å². The maximum Gasteiger partial charge on any atom is 0.280 e. The van der Waals surface area contributed by atoms with Crippen LogP contribution in [0.4, 0.5) is 0 Å². The van der Waals surface area contributed by atoms with E-state index in [2.05, 4.69) is 44.5 Å². The Hall–Kier alpha value is -3.09. The van der Waals surface area contributed by atoms with E-state index in [4.69, 9.17) is 4.98 Å². The fraction of sp³-hybridized carbons (Fsp3) is 0.0800. The summed E-state index contributed by atoms with van der Waals surface area (Å²) in [5.74, 6) is -0.261. The first-order valence-corrected chi connectivity index (χ1v) is 11.6. The maximum atomic E-state index is 13.4. The van der Waals surface area contributed by atoms with E-state index in [1.54, 1.807) is 0 Å². The highest BCUT2D eigenvalue weighted by molar-refractivity contribution is 9.10. The van der Waals surface area contributed by atoms with Crippen molar-refractivity contribution in [3.05, 3.63) is 93.7 Å². The van der Waals surface area contributed by atoms with Crippen molar-refractivity contribution in [2.24, 2.45) is 4.99 Å². The number of hydrogen-bond acceptors (Lipinski definition) is 3. The van der Waals surface area contributed by atoms with Crippen LogP contribution in [0, 0.1) is 0 Å². The fourth-order valence-electron chi connectivity index (χ4n) is 3.69. The fourth-order valence-corrected chi connectivity index (χ4v) is 5.34. The predicted octanol–water partition coefficient (Wildman–Crippen LogP) is 6.44. The summed E-state index contributed by atoms with van der Waals surface area (Å²) in [6.07, 6.45) is 0. The summed E-state index contributed by atoms with van der Waals surface area (Å²) in [6.45, 7) is 2.80. The van der Waals surface area contributed by atoms with Crippen LogP contribution in [0.15, 0.2) is 88.3 Å². The van der Waals surface area contributed by atoms with E-state index in [1.165, 1.54) is 11.3 Å². The monoisotopic (exact) mass is 487 g/mol. The molecule has 0 bridgehead atoms. The molecule has 31 heavy (non-hydrogen) atoms. The van der Waals surface area contributed by atoms with Crippen LogP contribution in [0.2, 0.25) is 0 Å². The van der Waals surface area contributed by atoms with Gasteiger partial charge in [-0.2, -0.15) is 4.99 Å². The molecular weight excluding hydrogens is 470 g/mol. The summed E-state index contributed by atoms with van der Waals surface area (Å²) in [5.41, 5.74) is 4.16. The second kappa shape index (κ2) is 8.21. The minimum absolute atomic E-state index is 0.261. The minimum atomic E-state index is -0.261. The van der Waals surface area contributed by atoms with Gasteiger partial charge in [-0.3, -0.25) is 4.79 Å². The van der Waals surface area contributed by atoms with E-state index in [0.29, 0.717) is 10.4 Å². The molecule has 0 spiro atoms. The van der Waals surface area contributed by atoms with Gasteiger partial charge >= 0.3 is 0 Å². The number of rotatable bonds is 3. The summed E-state index contributed by atoms with van der Waals surface area (Å²) >= 11 is 5.05. The van der Waals surface area contributed by atoms with Crippen LogP contribution < -0.4 is 4.80 Å². The van der Waals surface area contributed by atoms with E-state index in [1.807, 2.05) is 66.7 Å². The van der Waals surface area contributed by atoms with Crippen LogP contribution in [-0.4, -0.2) is 15.5 Å². The molecule has 2 heterocycles. The summed E-state index contributed by atoms with van der Waals surface area (Å²) in [4.78, 5) is 23.4. The molecule has 3 aromatic carbocycles. The van der Waals surface area contributed by atoms with Crippen LogP contribution >= 0.6 is 27.3 Å². The Labute approximate surface area is 191 Å². The number of nitrogens with zero attached hydrogens (tertiary/aromatic N) is 3. The Bertz CT molecular complexity index is 1500. The second-order valence-electron chi connectivity index (χ2n) is 7.10. The molecule has 0 fully saturated rings. The number of halogens is 1. The van der Waals surface area contributed by atoms with Gasteiger partial charge in [-0.15, -0.1) is 0 Å². The molecule has 0 saturated heterocycles. The number of thiazole rings is 1. The van der Waals surface area contributed by atoms with Gasteiger partial charge in [0.15, 0.2) is 4.80 Å². The Morgan fingerprint density at radius 2 is 1.81 bits per heavy atom. The molecule has 5 rings (SSSR count). The van der Waals surface area contributed by atoms with E-state index in [9.17, 15) is 4.79 Å². The lowest BCUT2D eigenvalue weighted by Crippen LogP contribution is -2.16. The molecule has 5 aromatic rings. The summed E-state index contributed by atoms with van der Waals surface area (Å²) in [6, 6.07) is 25.6. The van der Waals surface area contributed by atoms with Crippen LogP contribution in [-0.2, 0) is 6.54 Å². The zero-order chi connectivity index (χ0) is 21.4. The molecule has 0 unspecified atom stereocenters. The van der Waals surface area contributed by atoms with Crippen molar-refractivity contribution in [3.63, 3.8) is 0 Å². The molecule has 0 aliphatic carbocycles. The van der Waals surface area contributed by atoms with Crippen LogP contribution in [0.3, 0.4) is 0 Å². The van der Waals surface area contributed by atoms with Crippen LogP contribution in [0.5, 0.6) is 0 Å². The van der Waals surface area contributed by atoms with Crippen LogP contribution in [0.25, 0.3) is 32.4 Å². The van der Waals surface area contributed by atoms with Gasteiger partial charge in [-0.25, -0.2) is 4.98 Å². The number of pyridine rings is 1. The third kappa shape index (κ3) is 3.73. The van der Waals surface area contributed by atoms with Crippen molar-refractivity contribution in [2.75, 3.05) is 0 Å². The number of fused-ring (bicyclic) bond motifs is 2. The van der Waals surface area contributed by atoms with Crippen molar-refractivity contribution in [1.29, 1.82) is 0 Å². The molecule has 0 aliphatic heterocycles. The Morgan fingerprint density at radius 3 is 2.61 bits per heavy atom. The number of carbonyl (C=O) groups excluding carboxylic acids is 1. The summed E-state index contributed by atoms with van der Waals surface area (Å²) in [7, 11) is 0. The van der Waals surface area contributed by atoms with Gasteiger partial charge in [0.2, 0.25) is 0 Å². The smallest absolute Gasteiger partial charge is 0.280 e. The van der Waals surface area contributed by atoms with Gasteiger partial charge in [0, 0.05) is 22.0 Å². The van der Waals surface area contributed by atoms with Crippen molar-refractivity contribution < 1.29 is 4.79 Å². The number of amides is 1. The van der Waals surface area contributed by atoms with E-state index in [0.717, 1.165) is 43.4 Å². The zero-order valence-corrected chi connectivity index (χ0v) is 19.2.